The number of thioether (sulfide) groups is 2. The number of fused-ring (bicyclic) bond motifs is 4. The minimum atomic E-state index is 0.185. The molecule has 86 valence electrons. The maximum atomic E-state index is 2.40. The summed E-state index contributed by atoms with van der Waals surface area (Å²) in [5.74, 6) is 0. The van der Waals surface area contributed by atoms with Gasteiger partial charge in [-0.15, -0.1) is 34.9 Å². The third kappa shape index (κ3) is 1.05. The Morgan fingerprint density at radius 2 is 1.59 bits per heavy atom. The molecule has 1 aliphatic carbocycles. The smallest absolute Gasteiger partial charge is 0.0623 e. The second-order valence-corrected chi connectivity index (χ2v) is 8.46. The van der Waals surface area contributed by atoms with E-state index in [9.17, 15) is 0 Å². The van der Waals surface area contributed by atoms with Crippen molar-refractivity contribution in [3.05, 3.63) is 44.2 Å². The first-order valence-corrected chi connectivity index (χ1v) is 8.32. The molecule has 1 aromatic rings. The Morgan fingerprint density at radius 1 is 0.941 bits per heavy atom. The lowest BCUT2D eigenvalue weighted by atomic mass is 9.78. The highest BCUT2D eigenvalue weighted by Crippen LogP contribution is 2.60. The van der Waals surface area contributed by atoms with Gasteiger partial charge in [0.1, 0.15) is 0 Å². The number of hydrogen-bond donors (Lipinski definition) is 0. The zero-order chi connectivity index (χ0) is 11.7. The molecule has 4 rings (SSSR count). The van der Waals surface area contributed by atoms with Gasteiger partial charge in [-0.2, -0.15) is 0 Å². The van der Waals surface area contributed by atoms with Gasteiger partial charge in [0, 0.05) is 4.53 Å². The minimum Gasteiger partial charge on any atom is -0.143 e. The molecular formula is C14H12S3. The number of allylic oxidation sites excluding steroid dienone is 2. The molecule has 0 spiro atoms. The van der Waals surface area contributed by atoms with Gasteiger partial charge < -0.3 is 0 Å². The average molecular weight is 276 g/mol. The molecule has 3 aliphatic rings. The lowest BCUT2D eigenvalue weighted by Gasteiger charge is -2.44. The van der Waals surface area contributed by atoms with E-state index >= 15 is 0 Å². The zero-order valence-corrected chi connectivity index (χ0v) is 12.1. The Labute approximate surface area is 113 Å². The van der Waals surface area contributed by atoms with Crippen LogP contribution in [0.3, 0.4) is 0 Å². The molecule has 2 atom stereocenters. The van der Waals surface area contributed by atoms with Crippen molar-refractivity contribution < 1.29 is 0 Å². The summed E-state index contributed by atoms with van der Waals surface area (Å²) in [6.07, 6.45) is 4.64. The summed E-state index contributed by atoms with van der Waals surface area (Å²) in [5, 5.41) is 8.22. The van der Waals surface area contributed by atoms with Crippen LogP contribution in [0.2, 0.25) is 0 Å². The molecule has 0 N–H and O–H groups in total. The predicted molar refractivity (Wildman–Crippen MR) is 80.7 cm³/mol. The Kier molecular flexibility index (Phi) is 1.94. The van der Waals surface area contributed by atoms with E-state index in [1.165, 1.54) is 20.9 Å². The van der Waals surface area contributed by atoms with Crippen LogP contribution in [-0.2, 0) is 0 Å². The molecule has 0 radical (unpaired) electrons. The fourth-order valence-electron chi connectivity index (χ4n) is 3.03. The van der Waals surface area contributed by atoms with Gasteiger partial charge in [0.05, 0.1) is 9.49 Å². The van der Waals surface area contributed by atoms with E-state index in [-0.39, 0.29) is 9.49 Å². The van der Waals surface area contributed by atoms with Gasteiger partial charge >= 0.3 is 0 Å². The lowest BCUT2D eigenvalue weighted by Crippen LogP contribution is -2.52. The van der Waals surface area contributed by atoms with Crippen molar-refractivity contribution in [1.29, 1.82) is 0 Å². The molecule has 2 unspecified atom stereocenters. The SMILES string of the molecule is CC12SC=CC1=c1ccsc1=C1C=CSC12C. The fraction of sp³-hybridized carbons (Fsp3) is 0.286. The fourth-order valence-corrected chi connectivity index (χ4v) is 6.65. The van der Waals surface area contributed by atoms with Gasteiger partial charge in [0.15, 0.2) is 0 Å². The molecule has 17 heavy (non-hydrogen) atoms. The molecule has 3 heterocycles. The second kappa shape index (κ2) is 3.14. The highest BCUT2D eigenvalue weighted by atomic mass is 32.2. The van der Waals surface area contributed by atoms with Crippen LogP contribution in [0, 0.1) is 0 Å². The van der Waals surface area contributed by atoms with Crippen LogP contribution in [0.5, 0.6) is 0 Å². The molecule has 3 heteroatoms. The molecule has 0 fully saturated rings. The summed E-state index contributed by atoms with van der Waals surface area (Å²) < 4.78 is 1.85. The standard InChI is InChI=1S/C14H12S3/c1-13-10(4-7-16-13)9-3-6-15-12(9)11-5-8-17-14(11,13)2/h3-8H,1-2H3. The van der Waals surface area contributed by atoms with Crippen molar-refractivity contribution in [2.24, 2.45) is 0 Å². The van der Waals surface area contributed by atoms with Crippen molar-refractivity contribution in [1.82, 2.24) is 0 Å². The average Bonchev–Trinajstić information content (AvgIpc) is 2.94. The molecule has 2 aliphatic heterocycles. The summed E-state index contributed by atoms with van der Waals surface area (Å²) in [7, 11) is 0. The van der Waals surface area contributed by atoms with Crippen LogP contribution in [0.4, 0.5) is 0 Å². The predicted octanol–water partition coefficient (Wildman–Crippen LogP) is 3.10. The quantitative estimate of drug-likeness (QED) is 0.714. The monoisotopic (exact) mass is 276 g/mol. The highest BCUT2D eigenvalue weighted by Gasteiger charge is 2.54. The molecular weight excluding hydrogens is 264 g/mol. The van der Waals surface area contributed by atoms with E-state index < -0.39 is 0 Å². The van der Waals surface area contributed by atoms with E-state index in [0.29, 0.717) is 0 Å². The van der Waals surface area contributed by atoms with Gasteiger partial charge in [-0.25, -0.2) is 0 Å². The van der Waals surface area contributed by atoms with Crippen LogP contribution in [0.1, 0.15) is 13.8 Å². The molecule has 0 bridgehead atoms. The molecule has 0 amide bonds. The second-order valence-electron chi connectivity index (χ2n) is 4.90. The first-order chi connectivity index (χ1) is 8.17. The highest BCUT2D eigenvalue weighted by molar-refractivity contribution is 8.08. The molecule has 0 saturated heterocycles. The lowest BCUT2D eigenvalue weighted by molar-refractivity contribution is 0.691. The third-order valence-electron chi connectivity index (χ3n) is 4.22. The molecule has 0 aromatic carbocycles. The van der Waals surface area contributed by atoms with Gasteiger partial charge in [-0.3, -0.25) is 0 Å². The van der Waals surface area contributed by atoms with Crippen molar-refractivity contribution in [2.45, 2.75) is 23.3 Å². The van der Waals surface area contributed by atoms with E-state index in [0.717, 1.165) is 0 Å². The Balaban J connectivity index is 2.28. The van der Waals surface area contributed by atoms with Gasteiger partial charge in [-0.1, -0.05) is 6.08 Å². The van der Waals surface area contributed by atoms with E-state index in [1.807, 2.05) is 34.9 Å². The van der Waals surface area contributed by atoms with E-state index in [4.69, 9.17) is 0 Å². The normalized spacial score (nSPS) is 37.3. The number of rotatable bonds is 0. The van der Waals surface area contributed by atoms with Gasteiger partial charge in [0.2, 0.25) is 0 Å². The molecule has 0 nitrogen and oxygen atoms in total. The summed E-state index contributed by atoms with van der Waals surface area (Å²) in [5.41, 5.74) is 3.04. The summed E-state index contributed by atoms with van der Waals surface area (Å²) in [4.78, 5) is 0. The first kappa shape index (κ1) is 10.5. The van der Waals surface area contributed by atoms with Crippen LogP contribution in [0.15, 0.2) is 34.4 Å². The number of thiophene rings is 1. The summed E-state index contributed by atoms with van der Waals surface area (Å²) >= 11 is 5.84. The maximum absolute atomic E-state index is 2.40. The van der Waals surface area contributed by atoms with Crippen LogP contribution in [0.25, 0.3) is 11.1 Å². The van der Waals surface area contributed by atoms with Crippen molar-refractivity contribution in [3.8, 4) is 0 Å². The minimum absolute atomic E-state index is 0.185. The number of hydrogen-bond acceptors (Lipinski definition) is 3. The Bertz CT molecular complexity index is 633. The van der Waals surface area contributed by atoms with Crippen molar-refractivity contribution in [3.63, 3.8) is 0 Å². The van der Waals surface area contributed by atoms with E-state index in [1.54, 1.807) is 0 Å². The van der Waals surface area contributed by atoms with Gasteiger partial charge in [-0.05, 0) is 58.6 Å². The van der Waals surface area contributed by atoms with Crippen LogP contribution < -0.4 is 9.75 Å². The molecule has 1 aromatic heterocycles. The Hall–Kier alpha value is -0.380. The Morgan fingerprint density at radius 3 is 2.35 bits per heavy atom. The first-order valence-electron chi connectivity index (χ1n) is 5.69. The van der Waals surface area contributed by atoms with Crippen molar-refractivity contribution >= 4 is 46.0 Å². The van der Waals surface area contributed by atoms with Crippen LogP contribution >= 0.6 is 34.9 Å². The van der Waals surface area contributed by atoms with Gasteiger partial charge in [0.25, 0.3) is 0 Å². The maximum Gasteiger partial charge on any atom is 0.0623 e. The van der Waals surface area contributed by atoms with E-state index in [2.05, 4.69) is 48.3 Å². The van der Waals surface area contributed by atoms with Crippen molar-refractivity contribution in [2.75, 3.05) is 0 Å². The zero-order valence-electron chi connectivity index (χ0n) is 9.69. The largest absolute Gasteiger partial charge is 0.143 e. The third-order valence-corrected chi connectivity index (χ3v) is 8.04. The molecule has 0 saturated carbocycles. The topological polar surface area (TPSA) is 0 Å². The summed E-state index contributed by atoms with van der Waals surface area (Å²) in [6, 6.07) is 2.28. The van der Waals surface area contributed by atoms with Crippen LogP contribution in [-0.4, -0.2) is 9.49 Å². The summed E-state index contributed by atoms with van der Waals surface area (Å²) in [6.45, 7) is 4.79.